The van der Waals surface area contributed by atoms with Crippen molar-refractivity contribution in [2.24, 2.45) is 5.92 Å². The Labute approximate surface area is 56.5 Å². The first-order chi connectivity index (χ1) is 4.43. The lowest BCUT2D eigenvalue weighted by Gasteiger charge is -2.14. The monoisotopic (exact) mass is 123 g/mol. The first-order valence-corrected chi connectivity index (χ1v) is 3.42. The van der Waals surface area contributed by atoms with Gasteiger partial charge in [-0.05, 0) is 12.3 Å². The van der Waals surface area contributed by atoms with E-state index in [4.69, 9.17) is 0 Å². The minimum absolute atomic E-state index is 0.691. The Balaban J connectivity index is 2.31. The first-order valence-electron chi connectivity index (χ1n) is 3.42. The van der Waals surface area contributed by atoms with E-state index >= 15 is 0 Å². The molecule has 0 radical (unpaired) electrons. The molecule has 0 aromatic carbocycles. The van der Waals surface area contributed by atoms with Crippen LogP contribution < -0.4 is 5.32 Å². The van der Waals surface area contributed by atoms with Crippen LogP contribution in [0.1, 0.15) is 6.42 Å². The van der Waals surface area contributed by atoms with Crippen molar-refractivity contribution in [1.82, 2.24) is 5.32 Å². The summed E-state index contributed by atoms with van der Waals surface area (Å²) in [5.74, 6) is 0.691. The third kappa shape index (κ3) is 2.02. The molecule has 50 valence electrons. The highest BCUT2D eigenvalue weighted by Crippen LogP contribution is 2.06. The van der Waals surface area contributed by atoms with E-state index in [-0.39, 0.29) is 0 Å². The maximum Gasteiger partial charge on any atom is 0.0135 e. The van der Waals surface area contributed by atoms with Gasteiger partial charge in [0.25, 0.3) is 0 Å². The quantitative estimate of drug-likeness (QED) is 0.546. The summed E-state index contributed by atoms with van der Waals surface area (Å²) < 4.78 is 0. The standard InChI is InChI=1S/C8H13N/c1-2-4-8-5-3-6-9-7-8/h2-3,5,8-9H,1,4,6-7H2. The number of hydrogen-bond donors (Lipinski definition) is 1. The van der Waals surface area contributed by atoms with Crippen LogP contribution >= 0.6 is 0 Å². The zero-order chi connectivity index (χ0) is 6.53. The maximum absolute atomic E-state index is 3.69. The van der Waals surface area contributed by atoms with E-state index in [0.717, 1.165) is 19.5 Å². The fourth-order valence-electron chi connectivity index (χ4n) is 1.06. The molecule has 1 aliphatic rings. The summed E-state index contributed by atoms with van der Waals surface area (Å²) in [5, 5.41) is 3.29. The topological polar surface area (TPSA) is 12.0 Å². The number of hydrogen-bond acceptors (Lipinski definition) is 1. The third-order valence-electron chi connectivity index (χ3n) is 1.55. The highest BCUT2D eigenvalue weighted by atomic mass is 14.9. The molecule has 0 aromatic rings. The van der Waals surface area contributed by atoms with Crippen molar-refractivity contribution in [1.29, 1.82) is 0 Å². The van der Waals surface area contributed by atoms with Gasteiger partial charge in [0.15, 0.2) is 0 Å². The molecule has 0 saturated carbocycles. The fraction of sp³-hybridized carbons (Fsp3) is 0.500. The second-order valence-electron chi connectivity index (χ2n) is 2.37. The molecule has 9 heavy (non-hydrogen) atoms. The summed E-state index contributed by atoms with van der Waals surface area (Å²) in [4.78, 5) is 0. The summed E-state index contributed by atoms with van der Waals surface area (Å²) in [6.07, 6.45) is 7.52. The van der Waals surface area contributed by atoms with Crippen LogP contribution in [0.2, 0.25) is 0 Å². The Hall–Kier alpha value is -0.560. The minimum Gasteiger partial charge on any atom is -0.313 e. The average molecular weight is 123 g/mol. The summed E-state index contributed by atoms with van der Waals surface area (Å²) in [5.41, 5.74) is 0. The van der Waals surface area contributed by atoms with E-state index in [1.807, 2.05) is 6.08 Å². The molecule has 1 heterocycles. The van der Waals surface area contributed by atoms with E-state index < -0.39 is 0 Å². The van der Waals surface area contributed by atoms with Gasteiger partial charge in [0, 0.05) is 13.1 Å². The van der Waals surface area contributed by atoms with Crippen LogP contribution in [-0.4, -0.2) is 13.1 Å². The molecule has 0 spiro atoms. The number of allylic oxidation sites excluding steroid dienone is 1. The average Bonchev–Trinajstić information content (AvgIpc) is 1.91. The van der Waals surface area contributed by atoms with Gasteiger partial charge in [-0.25, -0.2) is 0 Å². The second kappa shape index (κ2) is 3.46. The molecule has 1 N–H and O–H groups in total. The van der Waals surface area contributed by atoms with E-state index in [1.165, 1.54) is 0 Å². The van der Waals surface area contributed by atoms with Crippen LogP contribution in [-0.2, 0) is 0 Å². The largest absolute Gasteiger partial charge is 0.313 e. The van der Waals surface area contributed by atoms with Crippen molar-refractivity contribution in [3.05, 3.63) is 24.8 Å². The third-order valence-corrected chi connectivity index (χ3v) is 1.55. The summed E-state index contributed by atoms with van der Waals surface area (Å²) >= 11 is 0. The van der Waals surface area contributed by atoms with E-state index in [0.29, 0.717) is 5.92 Å². The molecular formula is C8H13N. The van der Waals surface area contributed by atoms with Gasteiger partial charge in [-0.2, -0.15) is 0 Å². The van der Waals surface area contributed by atoms with Crippen LogP contribution in [0.4, 0.5) is 0 Å². The molecule has 0 aliphatic carbocycles. The Morgan fingerprint density at radius 2 is 2.67 bits per heavy atom. The molecular weight excluding hydrogens is 110 g/mol. The van der Waals surface area contributed by atoms with Gasteiger partial charge in [-0.3, -0.25) is 0 Å². The predicted octanol–water partition coefficient (Wildman–Crippen LogP) is 1.34. The van der Waals surface area contributed by atoms with Crippen molar-refractivity contribution in [3.8, 4) is 0 Å². The molecule has 0 fully saturated rings. The van der Waals surface area contributed by atoms with Crippen molar-refractivity contribution < 1.29 is 0 Å². The molecule has 0 bridgehead atoms. The van der Waals surface area contributed by atoms with Crippen molar-refractivity contribution in [2.75, 3.05) is 13.1 Å². The van der Waals surface area contributed by atoms with Crippen LogP contribution in [0, 0.1) is 5.92 Å². The molecule has 1 unspecified atom stereocenters. The van der Waals surface area contributed by atoms with Gasteiger partial charge < -0.3 is 5.32 Å². The van der Waals surface area contributed by atoms with Crippen LogP contribution in [0.25, 0.3) is 0 Å². The predicted molar refractivity (Wildman–Crippen MR) is 40.3 cm³/mol. The lowest BCUT2D eigenvalue weighted by molar-refractivity contribution is 0.564. The SMILES string of the molecule is C=CCC1C=CCNC1. The van der Waals surface area contributed by atoms with Gasteiger partial charge in [-0.1, -0.05) is 18.2 Å². The second-order valence-corrected chi connectivity index (χ2v) is 2.37. The minimum atomic E-state index is 0.691. The Morgan fingerprint density at radius 1 is 1.78 bits per heavy atom. The van der Waals surface area contributed by atoms with E-state index in [9.17, 15) is 0 Å². The fourth-order valence-corrected chi connectivity index (χ4v) is 1.06. The first kappa shape index (κ1) is 6.56. The van der Waals surface area contributed by atoms with Gasteiger partial charge in [0.2, 0.25) is 0 Å². The number of rotatable bonds is 2. The molecule has 1 heteroatoms. The Bertz CT molecular complexity index is 116. The zero-order valence-electron chi connectivity index (χ0n) is 5.64. The van der Waals surface area contributed by atoms with Gasteiger partial charge in [0.1, 0.15) is 0 Å². The van der Waals surface area contributed by atoms with Crippen molar-refractivity contribution in [2.45, 2.75) is 6.42 Å². The van der Waals surface area contributed by atoms with Crippen LogP contribution in [0.3, 0.4) is 0 Å². The van der Waals surface area contributed by atoms with Crippen molar-refractivity contribution >= 4 is 0 Å². The van der Waals surface area contributed by atoms with Crippen molar-refractivity contribution in [3.63, 3.8) is 0 Å². The highest BCUT2D eigenvalue weighted by Gasteiger charge is 2.03. The maximum atomic E-state index is 3.69. The Kier molecular flexibility index (Phi) is 2.52. The summed E-state index contributed by atoms with van der Waals surface area (Å²) in [6, 6.07) is 0. The lowest BCUT2D eigenvalue weighted by atomic mass is 10.0. The van der Waals surface area contributed by atoms with Gasteiger partial charge in [-0.15, -0.1) is 6.58 Å². The Morgan fingerprint density at radius 3 is 3.22 bits per heavy atom. The van der Waals surface area contributed by atoms with E-state index in [1.54, 1.807) is 0 Å². The normalized spacial score (nSPS) is 26.0. The van der Waals surface area contributed by atoms with E-state index in [2.05, 4.69) is 24.0 Å². The summed E-state index contributed by atoms with van der Waals surface area (Å²) in [7, 11) is 0. The molecule has 0 aromatic heterocycles. The molecule has 1 nitrogen and oxygen atoms in total. The molecule has 1 atom stereocenters. The smallest absolute Gasteiger partial charge is 0.0135 e. The lowest BCUT2D eigenvalue weighted by Crippen LogP contribution is -2.25. The number of nitrogens with one attached hydrogen (secondary N) is 1. The molecule has 1 aliphatic heterocycles. The molecule has 1 rings (SSSR count). The highest BCUT2D eigenvalue weighted by molar-refractivity contribution is 4.97. The zero-order valence-corrected chi connectivity index (χ0v) is 5.64. The molecule has 0 amide bonds. The van der Waals surface area contributed by atoms with Gasteiger partial charge in [0.05, 0.1) is 0 Å². The van der Waals surface area contributed by atoms with Crippen LogP contribution in [0.5, 0.6) is 0 Å². The van der Waals surface area contributed by atoms with Crippen LogP contribution in [0.15, 0.2) is 24.8 Å². The molecule has 0 saturated heterocycles. The van der Waals surface area contributed by atoms with Gasteiger partial charge >= 0.3 is 0 Å². The summed E-state index contributed by atoms with van der Waals surface area (Å²) in [6.45, 7) is 5.84.